The van der Waals surface area contributed by atoms with Gasteiger partial charge < -0.3 is 19.5 Å². The Balaban J connectivity index is 2.05. The lowest BCUT2D eigenvalue weighted by atomic mass is 9.73. The number of carbonyl (C=O) groups is 2. The summed E-state index contributed by atoms with van der Waals surface area (Å²) in [5.41, 5.74) is -4.07. The number of benzene rings is 2. The largest absolute Gasteiger partial charge is 0.461 e. The van der Waals surface area contributed by atoms with Crippen LogP contribution in [-0.4, -0.2) is 37.2 Å². The maximum absolute atomic E-state index is 14.0. The molecule has 0 unspecified atom stereocenters. The standard InChI is InChI=1S/C19H16FNO5/c1-21-15-8-7-13(20)11-14(15)18(24,16(21)22)19(12-5-3-2-4-6-12)17(23)25-9-10-26-19/h2-8,11,24H,9-10H2,1H3/t18-,19+/m1/s1. The second-order valence-corrected chi connectivity index (χ2v) is 6.27. The second kappa shape index (κ2) is 5.62. The molecule has 1 N–H and O–H groups in total. The van der Waals surface area contributed by atoms with Crippen molar-refractivity contribution in [3.05, 3.63) is 65.5 Å². The fourth-order valence-corrected chi connectivity index (χ4v) is 3.72. The van der Waals surface area contributed by atoms with Crippen LogP contribution >= 0.6 is 0 Å². The van der Waals surface area contributed by atoms with Crippen LogP contribution in [0.5, 0.6) is 0 Å². The maximum Gasteiger partial charge on any atom is 0.347 e. The summed E-state index contributed by atoms with van der Waals surface area (Å²) in [5, 5.41) is 11.6. The van der Waals surface area contributed by atoms with Gasteiger partial charge in [-0.25, -0.2) is 9.18 Å². The fourth-order valence-electron chi connectivity index (χ4n) is 3.72. The summed E-state index contributed by atoms with van der Waals surface area (Å²) in [4.78, 5) is 27.2. The molecule has 0 aliphatic carbocycles. The van der Waals surface area contributed by atoms with Crippen LogP contribution in [0.3, 0.4) is 0 Å². The Morgan fingerprint density at radius 2 is 1.85 bits per heavy atom. The van der Waals surface area contributed by atoms with Gasteiger partial charge in [0.05, 0.1) is 12.3 Å². The first kappa shape index (κ1) is 16.7. The molecule has 2 aromatic carbocycles. The van der Waals surface area contributed by atoms with E-state index in [0.29, 0.717) is 5.69 Å². The molecule has 2 aliphatic rings. The van der Waals surface area contributed by atoms with E-state index in [9.17, 15) is 19.1 Å². The molecule has 0 saturated carbocycles. The van der Waals surface area contributed by atoms with E-state index >= 15 is 0 Å². The van der Waals surface area contributed by atoms with Crippen molar-refractivity contribution in [2.24, 2.45) is 0 Å². The van der Waals surface area contributed by atoms with Crippen molar-refractivity contribution in [3.63, 3.8) is 0 Å². The summed E-state index contributed by atoms with van der Waals surface area (Å²) < 4.78 is 24.9. The van der Waals surface area contributed by atoms with Gasteiger partial charge in [0.2, 0.25) is 11.2 Å². The summed E-state index contributed by atoms with van der Waals surface area (Å²) in [6.07, 6.45) is 0. The Labute approximate surface area is 148 Å². The number of hydrogen-bond donors (Lipinski definition) is 1. The number of aliphatic hydroxyl groups is 1. The third-order valence-electron chi connectivity index (χ3n) is 4.94. The first-order valence-corrected chi connectivity index (χ1v) is 8.10. The summed E-state index contributed by atoms with van der Waals surface area (Å²) in [5.74, 6) is -2.32. The zero-order chi connectivity index (χ0) is 18.5. The summed E-state index contributed by atoms with van der Waals surface area (Å²) >= 11 is 0. The highest BCUT2D eigenvalue weighted by Crippen LogP contribution is 2.53. The molecule has 26 heavy (non-hydrogen) atoms. The molecule has 2 aliphatic heterocycles. The van der Waals surface area contributed by atoms with Crippen LogP contribution in [-0.2, 0) is 30.3 Å². The van der Waals surface area contributed by atoms with Crippen molar-refractivity contribution in [2.75, 3.05) is 25.2 Å². The van der Waals surface area contributed by atoms with Crippen molar-refractivity contribution >= 4 is 17.6 Å². The molecule has 0 aromatic heterocycles. The highest BCUT2D eigenvalue weighted by Gasteiger charge is 2.69. The number of fused-ring (bicyclic) bond motifs is 1. The number of nitrogens with zero attached hydrogens (tertiary/aromatic N) is 1. The molecule has 2 aromatic rings. The third kappa shape index (κ3) is 1.92. The van der Waals surface area contributed by atoms with Gasteiger partial charge in [0.25, 0.3) is 5.91 Å². The van der Waals surface area contributed by atoms with Crippen LogP contribution in [0.15, 0.2) is 48.5 Å². The molecule has 7 heteroatoms. The van der Waals surface area contributed by atoms with E-state index < -0.39 is 28.9 Å². The molecule has 0 radical (unpaired) electrons. The summed E-state index contributed by atoms with van der Waals surface area (Å²) in [6, 6.07) is 11.8. The predicted octanol–water partition coefficient (Wildman–Crippen LogP) is 1.46. The van der Waals surface area contributed by atoms with E-state index in [4.69, 9.17) is 9.47 Å². The molecule has 1 saturated heterocycles. The van der Waals surface area contributed by atoms with Gasteiger partial charge in [0, 0.05) is 12.6 Å². The minimum absolute atomic E-state index is 0.00351. The number of hydrogen-bond acceptors (Lipinski definition) is 5. The molecule has 2 atom stereocenters. The SMILES string of the molecule is CN1C(=O)[C@@](O)([C@@]2(c3ccccc3)OCCOC2=O)c2cc(F)ccc21. The first-order valence-electron chi connectivity index (χ1n) is 8.10. The number of ether oxygens (including phenoxy) is 2. The number of likely N-dealkylation sites (N-methyl/N-ethyl adjacent to an activating group) is 1. The Morgan fingerprint density at radius 3 is 2.54 bits per heavy atom. The Bertz CT molecular complexity index is 902. The van der Waals surface area contributed by atoms with Crippen LogP contribution in [0.2, 0.25) is 0 Å². The lowest BCUT2D eigenvalue weighted by Gasteiger charge is -2.43. The normalized spacial score (nSPS) is 28.0. The molecule has 6 nitrogen and oxygen atoms in total. The summed E-state index contributed by atoms with van der Waals surface area (Å²) in [7, 11) is 1.45. The minimum Gasteiger partial charge on any atom is -0.461 e. The van der Waals surface area contributed by atoms with Gasteiger partial charge in [-0.05, 0) is 23.8 Å². The van der Waals surface area contributed by atoms with Crippen LogP contribution in [0.1, 0.15) is 11.1 Å². The maximum atomic E-state index is 14.0. The van der Waals surface area contributed by atoms with Crippen LogP contribution in [0.25, 0.3) is 0 Å². The van der Waals surface area contributed by atoms with E-state index in [-0.39, 0.29) is 24.3 Å². The number of halogens is 1. The van der Waals surface area contributed by atoms with E-state index in [0.717, 1.165) is 6.07 Å². The monoisotopic (exact) mass is 357 g/mol. The van der Waals surface area contributed by atoms with Crippen LogP contribution in [0.4, 0.5) is 10.1 Å². The van der Waals surface area contributed by atoms with Crippen LogP contribution in [0, 0.1) is 5.82 Å². The van der Waals surface area contributed by atoms with E-state index in [1.165, 1.54) is 24.1 Å². The quantitative estimate of drug-likeness (QED) is 0.824. The highest BCUT2D eigenvalue weighted by molar-refractivity contribution is 6.10. The topological polar surface area (TPSA) is 76.1 Å². The molecule has 1 amide bonds. The number of amides is 1. The van der Waals surface area contributed by atoms with Gasteiger partial charge in [-0.2, -0.15) is 0 Å². The fraction of sp³-hybridized carbons (Fsp3) is 0.263. The number of rotatable bonds is 2. The van der Waals surface area contributed by atoms with Gasteiger partial charge in [0.15, 0.2) is 0 Å². The van der Waals surface area contributed by atoms with Gasteiger partial charge >= 0.3 is 5.97 Å². The van der Waals surface area contributed by atoms with E-state index in [1.807, 2.05) is 0 Å². The second-order valence-electron chi connectivity index (χ2n) is 6.27. The molecule has 2 heterocycles. The average molecular weight is 357 g/mol. The zero-order valence-electron chi connectivity index (χ0n) is 13.9. The van der Waals surface area contributed by atoms with Gasteiger partial charge in [0.1, 0.15) is 12.4 Å². The number of anilines is 1. The molecule has 0 bridgehead atoms. The smallest absolute Gasteiger partial charge is 0.347 e. The van der Waals surface area contributed by atoms with E-state index in [2.05, 4.69) is 0 Å². The van der Waals surface area contributed by atoms with Crippen molar-refractivity contribution in [3.8, 4) is 0 Å². The first-order chi connectivity index (χ1) is 12.4. The lowest BCUT2D eigenvalue weighted by molar-refractivity contribution is -0.238. The Hall–Kier alpha value is -2.77. The number of cyclic esters (lactones) is 1. The molecule has 1 fully saturated rings. The zero-order valence-corrected chi connectivity index (χ0v) is 13.9. The van der Waals surface area contributed by atoms with E-state index in [1.54, 1.807) is 30.3 Å². The Kier molecular flexibility index (Phi) is 3.61. The lowest BCUT2D eigenvalue weighted by Crippen LogP contribution is -2.63. The van der Waals surface area contributed by atoms with Crippen molar-refractivity contribution in [1.82, 2.24) is 0 Å². The van der Waals surface area contributed by atoms with Crippen molar-refractivity contribution in [2.45, 2.75) is 11.2 Å². The summed E-state index contributed by atoms with van der Waals surface area (Å²) in [6.45, 7) is -0.00583. The number of esters is 1. The molecule has 0 spiro atoms. The molecule has 4 rings (SSSR count). The molecule has 134 valence electrons. The van der Waals surface area contributed by atoms with Gasteiger partial charge in [-0.1, -0.05) is 30.3 Å². The van der Waals surface area contributed by atoms with Crippen molar-refractivity contribution in [1.29, 1.82) is 0 Å². The Morgan fingerprint density at radius 1 is 1.12 bits per heavy atom. The van der Waals surface area contributed by atoms with Gasteiger partial charge in [-0.15, -0.1) is 0 Å². The number of carbonyl (C=O) groups excluding carboxylic acids is 2. The third-order valence-corrected chi connectivity index (χ3v) is 4.94. The predicted molar refractivity (Wildman–Crippen MR) is 88.7 cm³/mol. The van der Waals surface area contributed by atoms with Crippen LogP contribution < -0.4 is 4.90 Å². The average Bonchev–Trinajstić information content (AvgIpc) is 2.85. The van der Waals surface area contributed by atoms with Gasteiger partial charge in [-0.3, -0.25) is 4.79 Å². The molecular formula is C19H16FNO5. The minimum atomic E-state index is -2.46. The molecular weight excluding hydrogens is 341 g/mol. The highest BCUT2D eigenvalue weighted by atomic mass is 19.1. The van der Waals surface area contributed by atoms with Crippen molar-refractivity contribution < 1.29 is 28.6 Å².